The van der Waals surface area contributed by atoms with Crippen molar-refractivity contribution in [2.24, 2.45) is 0 Å². The van der Waals surface area contributed by atoms with Crippen LogP contribution in [0.4, 0.5) is 0 Å². The maximum atomic E-state index is 9.94. The summed E-state index contributed by atoms with van der Waals surface area (Å²) in [6, 6.07) is 0.0309. The predicted molar refractivity (Wildman–Crippen MR) is 59.1 cm³/mol. The molecule has 4 nitrogen and oxygen atoms in total. The largest absolute Gasteiger partial charge is 0.391 e. The van der Waals surface area contributed by atoms with Crippen molar-refractivity contribution in [2.45, 2.75) is 25.0 Å². The Labute approximate surface area is 91.6 Å². The third-order valence-electron chi connectivity index (χ3n) is 2.92. The minimum absolute atomic E-state index is 0.0309. The van der Waals surface area contributed by atoms with E-state index in [0.29, 0.717) is 0 Å². The molecule has 0 aliphatic carbocycles. The number of hydrogen-bond donors (Lipinski definition) is 2. The van der Waals surface area contributed by atoms with Gasteiger partial charge in [-0.1, -0.05) is 0 Å². The van der Waals surface area contributed by atoms with Crippen molar-refractivity contribution >= 4 is 16.3 Å². The van der Waals surface area contributed by atoms with Crippen molar-refractivity contribution in [1.29, 1.82) is 0 Å². The van der Waals surface area contributed by atoms with Gasteiger partial charge in [0, 0.05) is 11.6 Å². The number of aliphatic hydroxyl groups is 1. The molecule has 2 unspecified atom stereocenters. The monoisotopic (exact) mass is 223 g/mol. The van der Waals surface area contributed by atoms with E-state index < -0.39 is 0 Å². The molecule has 1 saturated heterocycles. The summed E-state index contributed by atoms with van der Waals surface area (Å²) in [7, 11) is 0. The van der Waals surface area contributed by atoms with Crippen LogP contribution in [0.15, 0.2) is 17.8 Å². The van der Waals surface area contributed by atoms with Crippen molar-refractivity contribution in [2.75, 3.05) is 6.54 Å². The third-order valence-corrected chi connectivity index (χ3v) is 3.69. The molecular formula is C10H13N3OS. The Morgan fingerprint density at radius 1 is 1.60 bits per heavy atom. The maximum absolute atomic E-state index is 9.94. The van der Waals surface area contributed by atoms with Crippen molar-refractivity contribution in [3.63, 3.8) is 0 Å². The van der Waals surface area contributed by atoms with Crippen LogP contribution in [0.5, 0.6) is 0 Å². The molecule has 1 fully saturated rings. The minimum Gasteiger partial charge on any atom is -0.391 e. The second-order valence-corrected chi connectivity index (χ2v) is 4.75. The number of fused-ring (bicyclic) bond motifs is 1. The molecule has 2 N–H and O–H groups in total. The van der Waals surface area contributed by atoms with Gasteiger partial charge in [-0.25, -0.2) is 4.98 Å². The Morgan fingerprint density at radius 3 is 3.40 bits per heavy atom. The number of aliphatic hydroxyl groups excluding tert-OH is 1. The number of imidazole rings is 1. The van der Waals surface area contributed by atoms with Crippen LogP contribution in [0.2, 0.25) is 0 Å². The molecule has 2 aromatic rings. The number of thiazole rings is 1. The summed E-state index contributed by atoms with van der Waals surface area (Å²) in [5.74, 6) is 0. The van der Waals surface area contributed by atoms with E-state index in [9.17, 15) is 5.11 Å². The number of hydrogen-bond acceptors (Lipinski definition) is 4. The Balaban J connectivity index is 2.01. The van der Waals surface area contributed by atoms with Gasteiger partial charge in [0.15, 0.2) is 4.96 Å². The lowest BCUT2D eigenvalue weighted by atomic mass is 9.99. The smallest absolute Gasteiger partial charge is 0.193 e. The topological polar surface area (TPSA) is 49.6 Å². The second kappa shape index (κ2) is 3.59. The zero-order valence-corrected chi connectivity index (χ0v) is 9.07. The van der Waals surface area contributed by atoms with Gasteiger partial charge in [0.2, 0.25) is 0 Å². The summed E-state index contributed by atoms with van der Waals surface area (Å²) in [4.78, 5) is 5.31. The standard InChI is InChI=1S/C10H13N3OS/c14-8-2-1-3-11-9(8)7-6-12-10-13(7)4-5-15-10/h4-6,8-9,11,14H,1-3H2. The molecular weight excluding hydrogens is 210 g/mol. The van der Waals surface area contributed by atoms with Crippen molar-refractivity contribution in [1.82, 2.24) is 14.7 Å². The van der Waals surface area contributed by atoms with Crippen LogP contribution in [0.25, 0.3) is 4.96 Å². The van der Waals surface area contributed by atoms with E-state index in [1.807, 2.05) is 17.8 Å². The molecule has 0 bridgehead atoms. The highest BCUT2D eigenvalue weighted by Crippen LogP contribution is 2.25. The highest BCUT2D eigenvalue weighted by atomic mass is 32.1. The van der Waals surface area contributed by atoms with Gasteiger partial charge in [-0.3, -0.25) is 4.40 Å². The lowest BCUT2D eigenvalue weighted by Gasteiger charge is -2.28. The molecule has 3 heterocycles. The Kier molecular flexibility index (Phi) is 2.23. The van der Waals surface area contributed by atoms with Gasteiger partial charge in [0.1, 0.15) is 0 Å². The highest BCUT2D eigenvalue weighted by Gasteiger charge is 2.26. The fourth-order valence-electron chi connectivity index (χ4n) is 2.15. The molecule has 1 aliphatic heterocycles. The maximum Gasteiger partial charge on any atom is 0.193 e. The Bertz CT molecular complexity index is 464. The van der Waals surface area contributed by atoms with E-state index in [4.69, 9.17) is 0 Å². The van der Waals surface area contributed by atoms with Crippen LogP contribution < -0.4 is 5.32 Å². The molecule has 3 rings (SSSR count). The fourth-order valence-corrected chi connectivity index (χ4v) is 2.85. The first kappa shape index (κ1) is 9.33. The number of nitrogens with zero attached hydrogens (tertiary/aromatic N) is 2. The van der Waals surface area contributed by atoms with Crippen LogP contribution in [0, 0.1) is 0 Å². The van der Waals surface area contributed by atoms with Gasteiger partial charge in [-0.05, 0) is 19.4 Å². The molecule has 0 saturated carbocycles. The summed E-state index contributed by atoms with van der Waals surface area (Å²) < 4.78 is 2.05. The van der Waals surface area contributed by atoms with Gasteiger partial charge in [0.05, 0.1) is 24.0 Å². The molecule has 1 aliphatic rings. The van der Waals surface area contributed by atoms with Gasteiger partial charge >= 0.3 is 0 Å². The Morgan fingerprint density at radius 2 is 2.53 bits per heavy atom. The second-order valence-electron chi connectivity index (χ2n) is 3.88. The number of aromatic nitrogens is 2. The van der Waals surface area contributed by atoms with Crippen LogP contribution in [0.1, 0.15) is 24.6 Å². The Hall–Kier alpha value is -0.910. The summed E-state index contributed by atoms with van der Waals surface area (Å²) in [6.45, 7) is 0.971. The average molecular weight is 223 g/mol. The van der Waals surface area contributed by atoms with E-state index >= 15 is 0 Å². The summed E-state index contributed by atoms with van der Waals surface area (Å²) in [5.41, 5.74) is 1.07. The van der Waals surface area contributed by atoms with Crippen LogP contribution >= 0.6 is 11.3 Å². The lowest BCUT2D eigenvalue weighted by molar-refractivity contribution is 0.0944. The van der Waals surface area contributed by atoms with Crippen LogP contribution in [-0.4, -0.2) is 27.1 Å². The molecule has 5 heteroatoms. The SMILES string of the molecule is OC1CCCNC1c1cnc2sccn12. The molecule has 15 heavy (non-hydrogen) atoms. The predicted octanol–water partition coefficient (Wildman–Crippen LogP) is 1.18. The molecule has 80 valence electrons. The lowest BCUT2D eigenvalue weighted by Crippen LogP contribution is -2.38. The van der Waals surface area contributed by atoms with Gasteiger partial charge in [0.25, 0.3) is 0 Å². The van der Waals surface area contributed by atoms with Crippen molar-refractivity contribution in [3.05, 3.63) is 23.5 Å². The molecule has 0 spiro atoms. The van der Waals surface area contributed by atoms with E-state index in [1.54, 1.807) is 11.3 Å². The molecule has 0 radical (unpaired) electrons. The summed E-state index contributed by atoms with van der Waals surface area (Å²) in [5, 5.41) is 15.3. The molecule has 0 aromatic carbocycles. The first-order valence-corrected chi connectivity index (χ1v) is 6.06. The first-order valence-electron chi connectivity index (χ1n) is 5.18. The van der Waals surface area contributed by atoms with Gasteiger partial charge in [-0.15, -0.1) is 11.3 Å². The van der Waals surface area contributed by atoms with Crippen LogP contribution in [0.3, 0.4) is 0 Å². The zero-order chi connectivity index (χ0) is 10.3. The molecule has 2 atom stereocenters. The number of nitrogens with one attached hydrogen (secondary N) is 1. The van der Waals surface area contributed by atoms with Crippen molar-refractivity contribution in [3.8, 4) is 0 Å². The number of piperidine rings is 1. The average Bonchev–Trinajstić information content (AvgIpc) is 2.80. The quantitative estimate of drug-likeness (QED) is 0.763. The van der Waals surface area contributed by atoms with Gasteiger partial charge < -0.3 is 10.4 Å². The summed E-state index contributed by atoms with van der Waals surface area (Å²) >= 11 is 1.62. The molecule has 0 amide bonds. The first-order chi connectivity index (χ1) is 7.36. The number of rotatable bonds is 1. The third kappa shape index (κ3) is 1.47. The normalized spacial score (nSPS) is 27.3. The van der Waals surface area contributed by atoms with E-state index in [-0.39, 0.29) is 12.1 Å². The van der Waals surface area contributed by atoms with E-state index in [1.165, 1.54) is 0 Å². The fraction of sp³-hybridized carbons (Fsp3) is 0.500. The van der Waals surface area contributed by atoms with E-state index in [0.717, 1.165) is 30.0 Å². The van der Waals surface area contributed by atoms with Crippen molar-refractivity contribution < 1.29 is 5.11 Å². The summed E-state index contributed by atoms with van der Waals surface area (Å²) in [6.07, 6.45) is 5.49. The molecule has 2 aromatic heterocycles. The zero-order valence-electron chi connectivity index (χ0n) is 8.26. The minimum atomic E-state index is -0.293. The van der Waals surface area contributed by atoms with Gasteiger partial charge in [-0.2, -0.15) is 0 Å². The van der Waals surface area contributed by atoms with Crippen LogP contribution in [-0.2, 0) is 0 Å². The van der Waals surface area contributed by atoms with E-state index in [2.05, 4.69) is 14.7 Å². The highest BCUT2D eigenvalue weighted by molar-refractivity contribution is 7.15.